The number of hydrogen-bond acceptors (Lipinski definition) is 5. The molecule has 116 valence electrons. The zero-order valence-electron chi connectivity index (χ0n) is 13.1. The second kappa shape index (κ2) is 5.64. The number of benzene rings is 2. The van der Waals surface area contributed by atoms with Gasteiger partial charge in [-0.25, -0.2) is 9.97 Å². The molecule has 23 heavy (non-hydrogen) atoms. The predicted molar refractivity (Wildman–Crippen MR) is 90.1 cm³/mol. The van der Waals surface area contributed by atoms with Crippen LogP contribution in [-0.2, 0) is 0 Å². The van der Waals surface area contributed by atoms with Crippen molar-refractivity contribution in [2.45, 2.75) is 20.8 Å². The molecule has 0 spiro atoms. The topological polar surface area (TPSA) is 81.0 Å². The quantitative estimate of drug-likeness (QED) is 0.579. The number of nitro groups is 1. The molecule has 0 saturated heterocycles. The predicted octanol–water partition coefficient (Wildman–Crippen LogP) is 4.21. The fourth-order valence-electron chi connectivity index (χ4n) is 2.75. The summed E-state index contributed by atoms with van der Waals surface area (Å²) in [6.07, 6.45) is 1.45. The number of nitrogens with one attached hydrogen (secondary N) is 1. The van der Waals surface area contributed by atoms with Crippen molar-refractivity contribution in [3.05, 3.63) is 63.5 Å². The SMILES string of the molecule is Cc1cc(C)c(Nc2ncnc3ccc([N+](=O)[O-])cc23)c(C)c1. The first-order chi connectivity index (χ1) is 11.0. The van der Waals surface area contributed by atoms with Gasteiger partial charge >= 0.3 is 0 Å². The number of aryl methyl sites for hydroxylation is 3. The molecule has 1 heterocycles. The normalized spacial score (nSPS) is 10.7. The summed E-state index contributed by atoms with van der Waals surface area (Å²) in [5, 5.41) is 14.9. The highest BCUT2D eigenvalue weighted by molar-refractivity contribution is 5.92. The van der Waals surface area contributed by atoms with Crippen molar-refractivity contribution in [3.8, 4) is 0 Å². The van der Waals surface area contributed by atoms with Gasteiger partial charge in [0.1, 0.15) is 12.1 Å². The Kier molecular flexibility index (Phi) is 3.65. The fourth-order valence-corrected chi connectivity index (χ4v) is 2.75. The molecular weight excluding hydrogens is 292 g/mol. The van der Waals surface area contributed by atoms with Crippen molar-refractivity contribution in [2.75, 3.05) is 5.32 Å². The first kappa shape index (κ1) is 14.9. The summed E-state index contributed by atoms with van der Waals surface area (Å²) in [7, 11) is 0. The monoisotopic (exact) mass is 308 g/mol. The van der Waals surface area contributed by atoms with Gasteiger partial charge in [-0.05, 0) is 38.0 Å². The zero-order valence-corrected chi connectivity index (χ0v) is 13.1. The van der Waals surface area contributed by atoms with Crippen molar-refractivity contribution < 1.29 is 4.92 Å². The van der Waals surface area contributed by atoms with Crippen LogP contribution in [0.3, 0.4) is 0 Å². The summed E-state index contributed by atoms with van der Waals surface area (Å²) in [5.41, 5.74) is 5.03. The van der Waals surface area contributed by atoms with Crippen LogP contribution in [0.2, 0.25) is 0 Å². The average molecular weight is 308 g/mol. The first-order valence-corrected chi connectivity index (χ1v) is 7.20. The van der Waals surface area contributed by atoms with Gasteiger partial charge in [0.15, 0.2) is 0 Å². The Morgan fingerprint density at radius 1 is 1.04 bits per heavy atom. The van der Waals surface area contributed by atoms with Crippen molar-refractivity contribution in [1.29, 1.82) is 0 Å². The van der Waals surface area contributed by atoms with E-state index in [1.165, 1.54) is 24.0 Å². The molecule has 0 aliphatic carbocycles. The third kappa shape index (κ3) is 2.83. The molecule has 0 aliphatic heterocycles. The van der Waals surface area contributed by atoms with E-state index >= 15 is 0 Å². The van der Waals surface area contributed by atoms with Crippen molar-refractivity contribution in [2.24, 2.45) is 0 Å². The summed E-state index contributed by atoms with van der Waals surface area (Å²) in [6, 6.07) is 8.75. The van der Waals surface area contributed by atoms with E-state index in [1.54, 1.807) is 6.07 Å². The highest BCUT2D eigenvalue weighted by Gasteiger charge is 2.12. The molecule has 6 nitrogen and oxygen atoms in total. The van der Waals surface area contributed by atoms with Gasteiger partial charge < -0.3 is 5.32 Å². The number of nitro benzene ring substituents is 1. The third-order valence-corrected chi connectivity index (χ3v) is 3.75. The Morgan fingerprint density at radius 3 is 2.39 bits per heavy atom. The van der Waals surface area contributed by atoms with Gasteiger partial charge in [0, 0.05) is 23.2 Å². The Balaban J connectivity index is 2.13. The van der Waals surface area contributed by atoms with Crippen molar-refractivity contribution in [3.63, 3.8) is 0 Å². The molecule has 6 heteroatoms. The Hall–Kier alpha value is -3.02. The van der Waals surface area contributed by atoms with Gasteiger partial charge in [0.05, 0.1) is 10.4 Å². The molecule has 1 aromatic heterocycles. The maximum atomic E-state index is 11.0. The third-order valence-electron chi connectivity index (χ3n) is 3.75. The summed E-state index contributed by atoms with van der Waals surface area (Å²) < 4.78 is 0. The van der Waals surface area contributed by atoms with E-state index in [2.05, 4.69) is 27.4 Å². The number of anilines is 2. The smallest absolute Gasteiger partial charge is 0.270 e. The molecule has 0 fully saturated rings. The van der Waals surface area contributed by atoms with Gasteiger partial charge in [-0.2, -0.15) is 0 Å². The van der Waals surface area contributed by atoms with Crippen LogP contribution in [0.25, 0.3) is 10.9 Å². The number of non-ortho nitro benzene ring substituents is 1. The van der Waals surface area contributed by atoms with E-state index in [-0.39, 0.29) is 5.69 Å². The number of nitrogens with zero attached hydrogens (tertiary/aromatic N) is 3. The van der Waals surface area contributed by atoms with Crippen LogP contribution >= 0.6 is 0 Å². The van der Waals surface area contributed by atoms with Crippen molar-refractivity contribution >= 4 is 28.1 Å². The van der Waals surface area contributed by atoms with E-state index in [9.17, 15) is 10.1 Å². The van der Waals surface area contributed by atoms with Crippen LogP contribution in [0.1, 0.15) is 16.7 Å². The van der Waals surface area contributed by atoms with Crippen LogP contribution in [0.5, 0.6) is 0 Å². The van der Waals surface area contributed by atoms with E-state index in [0.717, 1.165) is 16.8 Å². The summed E-state index contributed by atoms with van der Waals surface area (Å²) >= 11 is 0. The molecule has 0 radical (unpaired) electrons. The van der Waals surface area contributed by atoms with Gasteiger partial charge in [0.2, 0.25) is 0 Å². The van der Waals surface area contributed by atoms with Gasteiger partial charge in [0.25, 0.3) is 5.69 Å². The van der Waals surface area contributed by atoms with E-state index in [0.29, 0.717) is 16.7 Å². The minimum atomic E-state index is -0.418. The highest BCUT2D eigenvalue weighted by Crippen LogP contribution is 2.30. The molecule has 3 rings (SSSR count). The molecule has 1 N–H and O–H groups in total. The zero-order chi connectivity index (χ0) is 16.6. The molecule has 0 unspecified atom stereocenters. The highest BCUT2D eigenvalue weighted by atomic mass is 16.6. The van der Waals surface area contributed by atoms with E-state index in [4.69, 9.17) is 0 Å². The lowest BCUT2D eigenvalue weighted by Crippen LogP contribution is -2.01. The van der Waals surface area contributed by atoms with Crippen LogP contribution in [0.15, 0.2) is 36.7 Å². The molecule has 0 atom stereocenters. The second-order valence-corrected chi connectivity index (χ2v) is 5.58. The lowest BCUT2D eigenvalue weighted by atomic mass is 10.0. The molecular formula is C17H16N4O2. The van der Waals surface area contributed by atoms with Crippen molar-refractivity contribution in [1.82, 2.24) is 9.97 Å². The van der Waals surface area contributed by atoms with Crippen LogP contribution in [0, 0.1) is 30.9 Å². The second-order valence-electron chi connectivity index (χ2n) is 5.58. The maximum Gasteiger partial charge on any atom is 0.270 e. The van der Waals surface area contributed by atoms with Crippen LogP contribution in [0.4, 0.5) is 17.2 Å². The lowest BCUT2D eigenvalue weighted by molar-refractivity contribution is -0.384. The largest absolute Gasteiger partial charge is 0.339 e. The van der Waals surface area contributed by atoms with E-state index in [1.807, 2.05) is 20.8 Å². The molecule has 0 bridgehead atoms. The fraction of sp³-hybridized carbons (Fsp3) is 0.176. The standard InChI is InChI=1S/C17H16N4O2/c1-10-6-11(2)16(12(3)7-10)20-17-14-8-13(21(22)23)4-5-15(14)18-9-19-17/h4-9H,1-3H3,(H,18,19,20). The molecule has 0 amide bonds. The Bertz CT molecular complexity index is 899. The van der Waals surface area contributed by atoms with Gasteiger partial charge in [-0.1, -0.05) is 17.7 Å². The molecule has 0 aliphatic rings. The number of rotatable bonds is 3. The number of hydrogen-bond donors (Lipinski definition) is 1. The minimum Gasteiger partial charge on any atom is -0.339 e. The maximum absolute atomic E-state index is 11.0. The summed E-state index contributed by atoms with van der Waals surface area (Å²) in [4.78, 5) is 19.0. The van der Waals surface area contributed by atoms with Gasteiger partial charge in [-0.15, -0.1) is 0 Å². The Labute approximate surface area is 133 Å². The average Bonchev–Trinajstić information content (AvgIpc) is 2.50. The number of fused-ring (bicyclic) bond motifs is 1. The lowest BCUT2D eigenvalue weighted by Gasteiger charge is -2.14. The molecule has 0 saturated carbocycles. The minimum absolute atomic E-state index is 0.0210. The van der Waals surface area contributed by atoms with Crippen LogP contribution in [-0.4, -0.2) is 14.9 Å². The van der Waals surface area contributed by atoms with E-state index < -0.39 is 4.92 Å². The Morgan fingerprint density at radius 2 is 1.74 bits per heavy atom. The first-order valence-electron chi connectivity index (χ1n) is 7.20. The van der Waals surface area contributed by atoms with Crippen LogP contribution < -0.4 is 5.32 Å². The molecule has 2 aromatic carbocycles. The number of aromatic nitrogens is 2. The van der Waals surface area contributed by atoms with Gasteiger partial charge in [-0.3, -0.25) is 10.1 Å². The summed E-state index contributed by atoms with van der Waals surface area (Å²) in [5.74, 6) is 0.564. The summed E-state index contributed by atoms with van der Waals surface area (Å²) in [6.45, 7) is 6.09. The molecule has 3 aromatic rings.